The number of morpholine rings is 1. The summed E-state index contributed by atoms with van der Waals surface area (Å²) in [5.74, 6) is 1.54. The summed E-state index contributed by atoms with van der Waals surface area (Å²) < 4.78 is 10.6. The maximum atomic E-state index is 5.99. The Kier molecular flexibility index (Phi) is 5.24. The molecular formula is C15H23N3O2. The largest absolute Gasteiger partial charge is 0.496 e. The van der Waals surface area contributed by atoms with Gasteiger partial charge in [-0.2, -0.15) is 0 Å². The van der Waals surface area contributed by atoms with Crippen molar-refractivity contribution >= 4 is 5.96 Å². The highest BCUT2D eigenvalue weighted by atomic mass is 16.5. The number of ether oxygens (including phenoxy) is 2. The first-order valence-electron chi connectivity index (χ1n) is 6.97. The molecule has 2 N–H and O–H groups in total. The van der Waals surface area contributed by atoms with E-state index in [1.165, 1.54) is 5.56 Å². The van der Waals surface area contributed by atoms with Gasteiger partial charge in [-0.1, -0.05) is 12.1 Å². The van der Waals surface area contributed by atoms with E-state index in [1.54, 1.807) is 7.11 Å². The molecule has 1 saturated heterocycles. The lowest BCUT2D eigenvalue weighted by Gasteiger charge is -2.27. The van der Waals surface area contributed by atoms with Crippen LogP contribution in [0, 0.1) is 6.92 Å². The number of aryl methyl sites for hydroxylation is 1. The van der Waals surface area contributed by atoms with Crippen LogP contribution in [0.5, 0.6) is 5.75 Å². The molecule has 1 aromatic carbocycles. The van der Waals surface area contributed by atoms with Gasteiger partial charge < -0.3 is 20.1 Å². The molecular weight excluding hydrogens is 254 g/mol. The zero-order valence-electron chi connectivity index (χ0n) is 12.3. The molecule has 0 unspecified atom stereocenters. The zero-order chi connectivity index (χ0) is 14.4. The SMILES string of the molecule is COc1cc(CCN=C(N)N2CCOCC2)ccc1C. The minimum Gasteiger partial charge on any atom is -0.496 e. The molecule has 1 heterocycles. The topological polar surface area (TPSA) is 60.1 Å². The van der Waals surface area contributed by atoms with Gasteiger partial charge in [0, 0.05) is 19.6 Å². The Bertz CT molecular complexity index is 468. The normalized spacial score (nSPS) is 16.3. The fourth-order valence-corrected chi connectivity index (χ4v) is 2.21. The molecule has 0 bridgehead atoms. The molecule has 20 heavy (non-hydrogen) atoms. The average Bonchev–Trinajstić information content (AvgIpc) is 2.49. The van der Waals surface area contributed by atoms with Gasteiger partial charge in [-0.05, 0) is 30.5 Å². The van der Waals surface area contributed by atoms with E-state index in [4.69, 9.17) is 15.2 Å². The third-order valence-electron chi connectivity index (χ3n) is 3.48. The molecule has 0 spiro atoms. The lowest BCUT2D eigenvalue weighted by atomic mass is 10.1. The van der Waals surface area contributed by atoms with Crippen LogP contribution in [0.4, 0.5) is 0 Å². The summed E-state index contributed by atoms with van der Waals surface area (Å²) >= 11 is 0. The van der Waals surface area contributed by atoms with Crippen LogP contribution in [-0.4, -0.2) is 50.8 Å². The fraction of sp³-hybridized carbons (Fsp3) is 0.533. The molecule has 1 aliphatic rings. The lowest BCUT2D eigenvalue weighted by Crippen LogP contribution is -2.44. The van der Waals surface area contributed by atoms with Crippen LogP contribution in [0.2, 0.25) is 0 Å². The van der Waals surface area contributed by atoms with E-state index >= 15 is 0 Å². The molecule has 0 aliphatic carbocycles. The van der Waals surface area contributed by atoms with Gasteiger partial charge in [-0.3, -0.25) is 4.99 Å². The minimum absolute atomic E-state index is 0.618. The Labute approximate surface area is 120 Å². The van der Waals surface area contributed by atoms with Crippen LogP contribution >= 0.6 is 0 Å². The fourth-order valence-electron chi connectivity index (χ4n) is 2.21. The first kappa shape index (κ1) is 14.7. The molecule has 1 fully saturated rings. The van der Waals surface area contributed by atoms with Crippen molar-refractivity contribution in [3.05, 3.63) is 29.3 Å². The Hall–Kier alpha value is -1.75. The first-order valence-corrected chi connectivity index (χ1v) is 6.97. The Morgan fingerprint density at radius 1 is 1.40 bits per heavy atom. The maximum Gasteiger partial charge on any atom is 0.191 e. The Morgan fingerprint density at radius 3 is 2.85 bits per heavy atom. The second-order valence-electron chi connectivity index (χ2n) is 4.89. The number of nitrogens with zero attached hydrogens (tertiary/aromatic N) is 2. The van der Waals surface area contributed by atoms with Gasteiger partial charge in [0.2, 0.25) is 0 Å². The van der Waals surface area contributed by atoms with Crippen molar-refractivity contribution in [1.82, 2.24) is 4.90 Å². The number of benzene rings is 1. The van der Waals surface area contributed by atoms with E-state index in [9.17, 15) is 0 Å². The molecule has 5 heteroatoms. The van der Waals surface area contributed by atoms with E-state index in [2.05, 4.69) is 28.1 Å². The molecule has 0 saturated carbocycles. The Morgan fingerprint density at radius 2 is 2.15 bits per heavy atom. The third kappa shape index (κ3) is 3.87. The highest BCUT2D eigenvalue weighted by Gasteiger charge is 2.11. The van der Waals surface area contributed by atoms with Crippen molar-refractivity contribution in [2.24, 2.45) is 10.7 Å². The molecule has 0 aromatic heterocycles. The standard InChI is InChI=1S/C15H23N3O2/c1-12-3-4-13(11-14(12)19-2)5-6-17-15(16)18-7-9-20-10-8-18/h3-4,11H,5-10H2,1-2H3,(H2,16,17). The summed E-state index contributed by atoms with van der Waals surface area (Å²) in [5.41, 5.74) is 8.35. The third-order valence-corrected chi connectivity index (χ3v) is 3.48. The van der Waals surface area contributed by atoms with Gasteiger partial charge in [0.15, 0.2) is 5.96 Å². The molecule has 5 nitrogen and oxygen atoms in total. The number of methoxy groups -OCH3 is 1. The van der Waals surface area contributed by atoms with Gasteiger partial charge in [0.1, 0.15) is 5.75 Å². The van der Waals surface area contributed by atoms with Crippen molar-refractivity contribution in [1.29, 1.82) is 0 Å². The summed E-state index contributed by atoms with van der Waals surface area (Å²) in [4.78, 5) is 6.51. The smallest absolute Gasteiger partial charge is 0.191 e. The van der Waals surface area contributed by atoms with E-state index in [-0.39, 0.29) is 0 Å². The lowest BCUT2D eigenvalue weighted by molar-refractivity contribution is 0.0674. The number of hydrogen-bond acceptors (Lipinski definition) is 3. The highest BCUT2D eigenvalue weighted by Crippen LogP contribution is 2.19. The van der Waals surface area contributed by atoms with Crippen LogP contribution < -0.4 is 10.5 Å². The van der Waals surface area contributed by atoms with Crippen molar-refractivity contribution in [3.8, 4) is 5.75 Å². The summed E-state index contributed by atoms with van der Waals surface area (Å²) in [6.07, 6.45) is 0.863. The molecule has 0 radical (unpaired) electrons. The second kappa shape index (κ2) is 7.14. The van der Waals surface area contributed by atoms with Crippen LogP contribution in [0.25, 0.3) is 0 Å². The quantitative estimate of drug-likeness (QED) is 0.663. The average molecular weight is 277 g/mol. The number of rotatable bonds is 4. The highest BCUT2D eigenvalue weighted by molar-refractivity contribution is 5.78. The maximum absolute atomic E-state index is 5.99. The number of hydrogen-bond donors (Lipinski definition) is 1. The second-order valence-corrected chi connectivity index (χ2v) is 4.89. The van der Waals surface area contributed by atoms with Crippen LogP contribution in [0.3, 0.4) is 0 Å². The van der Waals surface area contributed by atoms with E-state index < -0.39 is 0 Å². The molecule has 0 amide bonds. The Balaban J connectivity index is 1.88. The molecule has 0 atom stereocenters. The van der Waals surface area contributed by atoms with Crippen molar-refractivity contribution < 1.29 is 9.47 Å². The number of aliphatic imine (C=N–C) groups is 1. The van der Waals surface area contributed by atoms with Crippen molar-refractivity contribution in [2.75, 3.05) is 40.0 Å². The summed E-state index contributed by atoms with van der Waals surface area (Å²) in [6.45, 7) is 5.84. The van der Waals surface area contributed by atoms with Crippen molar-refractivity contribution in [2.45, 2.75) is 13.3 Å². The monoisotopic (exact) mass is 277 g/mol. The minimum atomic E-state index is 0.618. The molecule has 1 aromatic rings. The van der Waals surface area contributed by atoms with E-state index in [0.29, 0.717) is 12.5 Å². The van der Waals surface area contributed by atoms with Gasteiger partial charge >= 0.3 is 0 Å². The van der Waals surface area contributed by atoms with E-state index in [0.717, 1.165) is 44.0 Å². The van der Waals surface area contributed by atoms with Crippen LogP contribution in [0.1, 0.15) is 11.1 Å². The molecule has 110 valence electrons. The predicted molar refractivity (Wildman–Crippen MR) is 80.3 cm³/mol. The van der Waals surface area contributed by atoms with Gasteiger partial charge in [0.05, 0.1) is 20.3 Å². The van der Waals surface area contributed by atoms with Crippen LogP contribution in [0.15, 0.2) is 23.2 Å². The number of guanidine groups is 1. The summed E-state index contributed by atoms with van der Waals surface area (Å²) in [5, 5.41) is 0. The zero-order valence-corrected chi connectivity index (χ0v) is 12.3. The summed E-state index contributed by atoms with van der Waals surface area (Å²) in [7, 11) is 1.70. The van der Waals surface area contributed by atoms with Gasteiger partial charge in [0.25, 0.3) is 0 Å². The van der Waals surface area contributed by atoms with E-state index in [1.807, 2.05) is 6.92 Å². The number of nitrogens with two attached hydrogens (primary N) is 1. The predicted octanol–water partition coefficient (Wildman–Crippen LogP) is 1.19. The molecule has 2 rings (SSSR count). The summed E-state index contributed by atoms with van der Waals surface area (Å²) in [6, 6.07) is 6.25. The van der Waals surface area contributed by atoms with Gasteiger partial charge in [-0.25, -0.2) is 0 Å². The van der Waals surface area contributed by atoms with Crippen molar-refractivity contribution in [3.63, 3.8) is 0 Å². The van der Waals surface area contributed by atoms with Crippen LogP contribution in [-0.2, 0) is 11.2 Å². The molecule has 1 aliphatic heterocycles. The first-order chi connectivity index (χ1) is 9.70. The van der Waals surface area contributed by atoms with Gasteiger partial charge in [-0.15, -0.1) is 0 Å².